The Labute approximate surface area is 127 Å². The van der Waals surface area contributed by atoms with Crippen molar-refractivity contribution in [1.82, 2.24) is 9.97 Å². The highest BCUT2D eigenvalue weighted by molar-refractivity contribution is 7.99. The molecule has 0 aromatic carbocycles. The summed E-state index contributed by atoms with van der Waals surface area (Å²) in [7, 11) is 0. The van der Waals surface area contributed by atoms with Gasteiger partial charge in [-0.15, -0.1) is 23.1 Å². The molecule has 0 N–H and O–H groups in total. The minimum atomic E-state index is 0.568. The number of nitrogens with zero attached hydrogens (tertiary/aromatic N) is 3. The van der Waals surface area contributed by atoms with E-state index in [4.69, 9.17) is 5.26 Å². The Morgan fingerprint density at radius 1 is 1.45 bits per heavy atom. The fourth-order valence-corrected chi connectivity index (χ4v) is 5.15. The lowest BCUT2D eigenvalue weighted by Gasteiger charge is -2.18. The van der Waals surface area contributed by atoms with Crippen LogP contribution in [0.25, 0.3) is 10.2 Å². The van der Waals surface area contributed by atoms with Crippen molar-refractivity contribution >= 4 is 33.3 Å². The summed E-state index contributed by atoms with van der Waals surface area (Å²) < 4.78 is 0. The summed E-state index contributed by atoms with van der Waals surface area (Å²) >= 11 is 3.54. The van der Waals surface area contributed by atoms with E-state index in [2.05, 4.69) is 23.0 Å². The van der Waals surface area contributed by atoms with Gasteiger partial charge in [0, 0.05) is 22.4 Å². The van der Waals surface area contributed by atoms with Crippen LogP contribution in [-0.4, -0.2) is 15.7 Å². The van der Waals surface area contributed by atoms with Crippen LogP contribution in [0.5, 0.6) is 0 Å². The lowest BCUT2D eigenvalue weighted by atomic mass is 9.89. The van der Waals surface area contributed by atoms with Crippen LogP contribution in [0.1, 0.15) is 36.0 Å². The first-order valence-electron chi connectivity index (χ1n) is 6.97. The third-order valence-corrected chi connectivity index (χ3v) is 5.81. The first-order chi connectivity index (χ1) is 9.69. The number of nitriles is 1. The number of aromatic nitrogens is 2. The second-order valence-corrected chi connectivity index (χ2v) is 7.53. The topological polar surface area (TPSA) is 49.6 Å². The van der Waals surface area contributed by atoms with E-state index in [1.807, 2.05) is 18.3 Å². The first kappa shape index (κ1) is 13.8. The van der Waals surface area contributed by atoms with Gasteiger partial charge in [0.25, 0.3) is 0 Å². The maximum absolute atomic E-state index is 8.70. The van der Waals surface area contributed by atoms with Crippen molar-refractivity contribution < 1.29 is 0 Å². The lowest BCUT2D eigenvalue weighted by molar-refractivity contribution is 0.509. The highest BCUT2D eigenvalue weighted by Gasteiger charge is 2.23. The van der Waals surface area contributed by atoms with E-state index in [-0.39, 0.29) is 0 Å². The highest BCUT2D eigenvalue weighted by atomic mass is 32.2. The Morgan fingerprint density at radius 3 is 3.10 bits per heavy atom. The van der Waals surface area contributed by atoms with E-state index in [0.717, 1.165) is 33.8 Å². The summed E-state index contributed by atoms with van der Waals surface area (Å²) in [5.41, 5.74) is 1.47. The van der Waals surface area contributed by atoms with E-state index in [1.54, 1.807) is 11.8 Å². The maximum Gasteiger partial charge on any atom is 0.128 e. The molecule has 5 heteroatoms. The minimum absolute atomic E-state index is 0.568. The normalized spacial score (nSPS) is 17.9. The number of hydrogen-bond acceptors (Lipinski definition) is 5. The molecule has 0 saturated heterocycles. The third kappa shape index (κ3) is 2.55. The third-order valence-electron chi connectivity index (χ3n) is 3.69. The van der Waals surface area contributed by atoms with E-state index < -0.39 is 0 Å². The predicted molar refractivity (Wildman–Crippen MR) is 84.3 cm³/mol. The molecular weight excluding hydrogens is 286 g/mol. The molecule has 3 nitrogen and oxygen atoms in total. The molecule has 0 saturated carbocycles. The quantitative estimate of drug-likeness (QED) is 0.486. The summed E-state index contributed by atoms with van der Waals surface area (Å²) in [6, 6.07) is 2.20. The van der Waals surface area contributed by atoms with Crippen LogP contribution >= 0.6 is 23.1 Å². The van der Waals surface area contributed by atoms with Crippen LogP contribution in [0.2, 0.25) is 0 Å². The largest absolute Gasteiger partial charge is 0.226 e. The van der Waals surface area contributed by atoms with Crippen molar-refractivity contribution in [2.75, 3.05) is 5.75 Å². The number of rotatable bonds is 3. The zero-order valence-corrected chi connectivity index (χ0v) is 13.4. The van der Waals surface area contributed by atoms with Gasteiger partial charge >= 0.3 is 0 Å². The van der Waals surface area contributed by atoms with Gasteiger partial charge in [-0.25, -0.2) is 9.97 Å². The van der Waals surface area contributed by atoms with Crippen molar-refractivity contribution in [3.05, 3.63) is 16.3 Å². The van der Waals surface area contributed by atoms with E-state index in [0.29, 0.717) is 6.42 Å². The first-order valence-corrected chi connectivity index (χ1v) is 8.78. The molecule has 0 bridgehead atoms. The van der Waals surface area contributed by atoms with Gasteiger partial charge in [0.1, 0.15) is 15.7 Å². The van der Waals surface area contributed by atoms with Gasteiger partial charge in [0.05, 0.1) is 6.07 Å². The number of thioether (sulfide) groups is 1. The van der Waals surface area contributed by atoms with Crippen LogP contribution in [0, 0.1) is 24.2 Å². The highest BCUT2D eigenvalue weighted by Crippen LogP contribution is 2.40. The average Bonchev–Trinajstić information content (AvgIpc) is 2.75. The monoisotopic (exact) mass is 303 g/mol. The summed E-state index contributed by atoms with van der Waals surface area (Å²) in [5.74, 6) is 2.42. The van der Waals surface area contributed by atoms with E-state index >= 15 is 0 Å². The number of thiophene rings is 1. The lowest BCUT2D eigenvalue weighted by Crippen LogP contribution is -2.08. The molecule has 1 aliphatic rings. The average molecular weight is 303 g/mol. The van der Waals surface area contributed by atoms with Gasteiger partial charge in [0.15, 0.2) is 0 Å². The molecule has 1 aliphatic carbocycles. The second-order valence-electron chi connectivity index (χ2n) is 5.36. The van der Waals surface area contributed by atoms with Crippen LogP contribution in [0.4, 0.5) is 0 Å². The molecule has 2 aromatic heterocycles. The van der Waals surface area contributed by atoms with Gasteiger partial charge in [-0.3, -0.25) is 0 Å². The molecule has 0 spiro atoms. The summed E-state index contributed by atoms with van der Waals surface area (Å²) in [6.45, 7) is 4.28. The van der Waals surface area contributed by atoms with Gasteiger partial charge in [-0.1, -0.05) is 6.92 Å². The number of aryl methyl sites for hydroxylation is 2. The molecule has 0 radical (unpaired) electrons. The van der Waals surface area contributed by atoms with Gasteiger partial charge in [-0.05, 0) is 37.7 Å². The molecular formula is C15H17N3S2. The van der Waals surface area contributed by atoms with Crippen LogP contribution in [0.15, 0.2) is 5.03 Å². The Balaban J connectivity index is 2.07. The molecule has 0 fully saturated rings. The van der Waals surface area contributed by atoms with Crippen LogP contribution in [-0.2, 0) is 12.8 Å². The summed E-state index contributed by atoms with van der Waals surface area (Å²) in [6.07, 6.45) is 4.15. The molecule has 1 unspecified atom stereocenters. The standard InChI is InChI=1S/C15H17N3S2/c1-9-4-5-11-12(8-9)20-15-13(11)14(17-10(2)18-15)19-7-3-6-16/h9H,3-5,7-8H2,1-2H3. The molecule has 2 aromatic rings. The molecule has 3 rings (SSSR count). The number of fused-ring (bicyclic) bond motifs is 3. The Morgan fingerprint density at radius 2 is 2.30 bits per heavy atom. The molecule has 1 atom stereocenters. The Kier molecular flexibility index (Phi) is 3.95. The van der Waals surface area contributed by atoms with E-state index in [1.165, 1.54) is 28.7 Å². The second kappa shape index (κ2) is 5.71. The zero-order valence-electron chi connectivity index (χ0n) is 11.8. The SMILES string of the molecule is Cc1nc(SCCC#N)c2c3c(sc2n1)CC(C)CC3. The zero-order chi connectivity index (χ0) is 14.1. The summed E-state index contributed by atoms with van der Waals surface area (Å²) in [5, 5.41) is 11.0. The van der Waals surface area contributed by atoms with Crippen molar-refractivity contribution in [2.45, 2.75) is 44.6 Å². The minimum Gasteiger partial charge on any atom is -0.226 e. The number of hydrogen-bond donors (Lipinski definition) is 0. The fourth-order valence-electron chi connectivity index (χ4n) is 2.71. The van der Waals surface area contributed by atoms with Crippen molar-refractivity contribution in [1.29, 1.82) is 5.26 Å². The molecule has 2 heterocycles. The molecule has 0 aliphatic heterocycles. The maximum atomic E-state index is 8.70. The van der Waals surface area contributed by atoms with Crippen LogP contribution in [0.3, 0.4) is 0 Å². The smallest absolute Gasteiger partial charge is 0.128 e. The molecule has 20 heavy (non-hydrogen) atoms. The Hall–Kier alpha value is -1.12. The van der Waals surface area contributed by atoms with Gasteiger partial charge in [0.2, 0.25) is 0 Å². The molecule has 0 amide bonds. The van der Waals surface area contributed by atoms with Gasteiger partial charge in [-0.2, -0.15) is 5.26 Å². The van der Waals surface area contributed by atoms with Crippen LogP contribution < -0.4 is 0 Å². The van der Waals surface area contributed by atoms with Gasteiger partial charge < -0.3 is 0 Å². The van der Waals surface area contributed by atoms with E-state index in [9.17, 15) is 0 Å². The predicted octanol–water partition coefficient (Wildman–Crippen LogP) is 4.13. The van der Waals surface area contributed by atoms with Crippen molar-refractivity contribution in [3.8, 4) is 6.07 Å². The molecule has 104 valence electrons. The Bertz CT molecular complexity index is 684. The van der Waals surface area contributed by atoms with Crippen molar-refractivity contribution in [2.24, 2.45) is 5.92 Å². The van der Waals surface area contributed by atoms with Crippen molar-refractivity contribution in [3.63, 3.8) is 0 Å². The fraction of sp³-hybridized carbons (Fsp3) is 0.533. The summed E-state index contributed by atoms with van der Waals surface area (Å²) in [4.78, 5) is 11.9.